The maximum absolute atomic E-state index is 10.2. The summed E-state index contributed by atoms with van der Waals surface area (Å²) in [5, 5.41) is 19.7. The van der Waals surface area contributed by atoms with Crippen molar-refractivity contribution in [2.75, 3.05) is 23.7 Å². The Kier molecular flexibility index (Phi) is 5.15. The average Bonchev–Trinajstić information content (AvgIpc) is 3.15. The van der Waals surface area contributed by atoms with Gasteiger partial charge in [-0.15, -0.1) is 10.2 Å². The van der Waals surface area contributed by atoms with E-state index < -0.39 is 6.10 Å². The molecule has 1 aromatic carbocycles. The van der Waals surface area contributed by atoms with Crippen LogP contribution >= 0.6 is 39.0 Å². The molecule has 112 valence electrons. The van der Waals surface area contributed by atoms with Gasteiger partial charge in [-0.05, 0) is 30.5 Å². The molecule has 0 spiro atoms. The highest BCUT2D eigenvalue weighted by atomic mass is 79.9. The Morgan fingerprint density at radius 3 is 2.90 bits per heavy atom. The van der Waals surface area contributed by atoms with Gasteiger partial charge in [-0.1, -0.05) is 51.2 Å². The fraction of sp³-hybridized carbons (Fsp3) is 0.429. The maximum atomic E-state index is 10.2. The zero-order valence-corrected chi connectivity index (χ0v) is 14.6. The third-order valence-electron chi connectivity index (χ3n) is 3.37. The fourth-order valence-corrected chi connectivity index (χ4v) is 4.56. The van der Waals surface area contributed by atoms with E-state index in [2.05, 4.69) is 31.0 Å². The molecule has 21 heavy (non-hydrogen) atoms. The molecule has 4 nitrogen and oxygen atoms in total. The summed E-state index contributed by atoms with van der Waals surface area (Å²) in [5.74, 6) is 0.588. The van der Waals surface area contributed by atoms with Crippen molar-refractivity contribution in [1.82, 2.24) is 10.2 Å². The molecular weight excluding hydrogens is 370 g/mol. The van der Waals surface area contributed by atoms with Crippen LogP contribution in [0, 0.1) is 0 Å². The number of hydrogen-bond acceptors (Lipinski definition) is 6. The van der Waals surface area contributed by atoms with Crippen molar-refractivity contribution in [2.45, 2.75) is 23.3 Å². The van der Waals surface area contributed by atoms with E-state index in [4.69, 9.17) is 0 Å². The molecule has 1 N–H and O–H groups in total. The smallest absolute Gasteiger partial charge is 0.209 e. The Labute approximate surface area is 140 Å². The minimum Gasteiger partial charge on any atom is -0.388 e. The molecule has 1 unspecified atom stereocenters. The van der Waals surface area contributed by atoms with Crippen molar-refractivity contribution in [3.63, 3.8) is 0 Å². The quantitative estimate of drug-likeness (QED) is 0.794. The van der Waals surface area contributed by atoms with Crippen molar-refractivity contribution in [3.05, 3.63) is 34.3 Å². The third kappa shape index (κ3) is 3.97. The summed E-state index contributed by atoms with van der Waals surface area (Å²) in [4.78, 5) is 2.28. The standard InChI is InChI=1S/C14H16BrN3OS2/c15-11-5-3-4-10(8-11)12(19)9-20-14-17-16-13(21-14)18-6-1-2-7-18/h3-5,8,12,19H,1-2,6-7,9H2. The number of nitrogens with zero attached hydrogens (tertiary/aromatic N) is 3. The van der Waals surface area contributed by atoms with Crippen LogP contribution in [0.2, 0.25) is 0 Å². The van der Waals surface area contributed by atoms with Crippen LogP contribution in [0.3, 0.4) is 0 Å². The lowest BCUT2D eigenvalue weighted by atomic mass is 10.1. The van der Waals surface area contributed by atoms with Crippen molar-refractivity contribution in [2.24, 2.45) is 0 Å². The van der Waals surface area contributed by atoms with Crippen LogP contribution in [0.5, 0.6) is 0 Å². The topological polar surface area (TPSA) is 49.3 Å². The molecule has 0 saturated carbocycles. The second kappa shape index (κ2) is 7.09. The number of anilines is 1. The number of benzene rings is 1. The van der Waals surface area contributed by atoms with E-state index in [1.807, 2.05) is 24.3 Å². The monoisotopic (exact) mass is 385 g/mol. The summed E-state index contributed by atoms with van der Waals surface area (Å²) in [6.45, 7) is 2.17. The number of hydrogen-bond donors (Lipinski definition) is 1. The number of thioether (sulfide) groups is 1. The predicted octanol–water partition coefficient (Wildman–Crippen LogP) is 3.73. The van der Waals surface area contributed by atoms with Gasteiger partial charge in [0.15, 0.2) is 4.34 Å². The molecule has 1 aliphatic rings. The van der Waals surface area contributed by atoms with Crippen LogP contribution in [0.15, 0.2) is 33.1 Å². The van der Waals surface area contributed by atoms with Crippen LogP contribution in [0.1, 0.15) is 24.5 Å². The number of halogens is 1. The number of rotatable bonds is 5. The lowest BCUT2D eigenvalue weighted by molar-refractivity contribution is 0.204. The van der Waals surface area contributed by atoms with Gasteiger partial charge in [-0.25, -0.2) is 0 Å². The molecule has 1 aromatic heterocycles. The Morgan fingerprint density at radius 2 is 2.14 bits per heavy atom. The molecular formula is C14H16BrN3OS2. The maximum Gasteiger partial charge on any atom is 0.209 e. The van der Waals surface area contributed by atoms with Crippen LogP contribution in [0.25, 0.3) is 0 Å². The highest BCUT2D eigenvalue weighted by Gasteiger charge is 2.17. The van der Waals surface area contributed by atoms with Crippen molar-refractivity contribution in [3.8, 4) is 0 Å². The minimum atomic E-state index is -0.494. The average molecular weight is 386 g/mol. The minimum absolute atomic E-state index is 0.494. The molecule has 1 fully saturated rings. The van der Waals surface area contributed by atoms with Gasteiger partial charge in [0.05, 0.1) is 6.10 Å². The van der Waals surface area contributed by atoms with E-state index in [1.54, 1.807) is 23.1 Å². The fourth-order valence-electron chi connectivity index (χ4n) is 2.26. The molecule has 2 aromatic rings. The van der Waals surface area contributed by atoms with E-state index in [9.17, 15) is 5.11 Å². The molecule has 0 radical (unpaired) electrons. The van der Waals surface area contributed by atoms with Crippen molar-refractivity contribution < 1.29 is 5.11 Å². The third-order valence-corrected chi connectivity index (χ3v) is 6.06. The van der Waals surface area contributed by atoms with Gasteiger partial charge in [0.25, 0.3) is 0 Å². The number of aliphatic hydroxyl groups excluding tert-OH is 1. The molecule has 1 atom stereocenters. The first-order chi connectivity index (χ1) is 10.2. The van der Waals surface area contributed by atoms with E-state index in [1.165, 1.54) is 12.8 Å². The van der Waals surface area contributed by atoms with Gasteiger partial charge >= 0.3 is 0 Å². The molecule has 3 rings (SSSR count). The van der Waals surface area contributed by atoms with Crippen LogP contribution in [0.4, 0.5) is 5.13 Å². The first-order valence-corrected chi connectivity index (χ1v) is 9.46. The highest BCUT2D eigenvalue weighted by molar-refractivity contribution is 9.10. The highest BCUT2D eigenvalue weighted by Crippen LogP contribution is 2.32. The SMILES string of the molecule is OC(CSc1nnc(N2CCCC2)s1)c1cccc(Br)c1. The van der Waals surface area contributed by atoms with Gasteiger partial charge in [0.2, 0.25) is 5.13 Å². The van der Waals surface area contributed by atoms with E-state index in [0.29, 0.717) is 5.75 Å². The summed E-state index contributed by atoms with van der Waals surface area (Å²) in [7, 11) is 0. The number of aromatic nitrogens is 2. The largest absolute Gasteiger partial charge is 0.388 e. The molecule has 0 amide bonds. The second-order valence-electron chi connectivity index (χ2n) is 4.93. The Bertz CT molecular complexity index is 601. The zero-order valence-electron chi connectivity index (χ0n) is 11.4. The van der Waals surface area contributed by atoms with Crippen LogP contribution in [-0.2, 0) is 0 Å². The van der Waals surface area contributed by atoms with Crippen LogP contribution < -0.4 is 4.90 Å². The molecule has 1 saturated heterocycles. The Hall–Kier alpha value is -0.630. The Balaban J connectivity index is 1.57. The molecule has 2 heterocycles. The second-order valence-corrected chi connectivity index (χ2v) is 8.07. The summed E-state index contributed by atoms with van der Waals surface area (Å²) in [6.07, 6.45) is 1.99. The van der Waals surface area contributed by atoms with Gasteiger partial charge in [0.1, 0.15) is 0 Å². The first-order valence-electron chi connectivity index (χ1n) is 6.87. The molecule has 1 aliphatic heterocycles. The Morgan fingerprint density at radius 1 is 1.33 bits per heavy atom. The zero-order chi connectivity index (χ0) is 14.7. The van der Waals surface area contributed by atoms with E-state index >= 15 is 0 Å². The van der Waals surface area contributed by atoms with Crippen molar-refractivity contribution in [1.29, 1.82) is 0 Å². The summed E-state index contributed by atoms with van der Waals surface area (Å²) >= 11 is 6.60. The normalized spacial score (nSPS) is 16.4. The molecule has 0 aliphatic carbocycles. The van der Waals surface area contributed by atoms with Gasteiger partial charge in [-0.3, -0.25) is 0 Å². The van der Waals surface area contributed by atoms with Gasteiger partial charge in [0, 0.05) is 23.3 Å². The first kappa shape index (κ1) is 15.3. The molecule has 0 bridgehead atoms. The summed E-state index contributed by atoms with van der Waals surface area (Å²) in [6, 6.07) is 7.77. The van der Waals surface area contributed by atoms with Crippen molar-refractivity contribution >= 4 is 44.2 Å². The summed E-state index contributed by atoms with van der Waals surface area (Å²) in [5.41, 5.74) is 0.918. The summed E-state index contributed by atoms with van der Waals surface area (Å²) < 4.78 is 1.90. The van der Waals surface area contributed by atoms with E-state index in [-0.39, 0.29) is 0 Å². The van der Waals surface area contributed by atoms with Gasteiger partial charge in [-0.2, -0.15) is 0 Å². The van der Waals surface area contributed by atoms with Crippen LogP contribution in [-0.4, -0.2) is 34.1 Å². The number of aliphatic hydroxyl groups is 1. The lowest BCUT2D eigenvalue weighted by Crippen LogP contribution is -2.17. The predicted molar refractivity (Wildman–Crippen MR) is 91.2 cm³/mol. The van der Waals surface area contributed by atoms with E-state index in [0.717, 1.165) is 32.6 Å². The molecule has 7 heteroatoms. The van der Waals surface area contributed by atoms with Gasteiger partial charge < -0.3 is 10.0 Å². The lowest BCUT2D eigenvalue weighted by Gasteiger charge is -2.11.